The fourth-order valence-corrected chi connectivity index (χ4v) is 4.47. The van der Waals surface area contributed by atoms with Crippen molar-refractivity contribution >= 4 is 10.0 Å². The first-order valence-corrected chi connectivity index (χ1v) is 10.8. The van der Waals surface area contributed by atoms with Crippen LogP contribution < -0.4 is 4.72 Å². The number of likely N-dealkylation sites (N-methyl/N-ethyl adjacent to an activating group) is 1. The van der Waals surface area contributed by atoms with Crippen LogP contribution in [0.3, 0.4) is 0 Å². The van der Waals surface area contributed by atoms with Gasteiger partial charge >= 0.3 is 0 Å². The molecule has 146 valence electrons. The molecule has 27 heavy (non-hydrogen) atoms. The third-order valence-electron chi connectivity index (χ3n) is 4.93. The molecule has 1 N–H and O–H groups in total. The van der Waals surface area contributed by atoms with Crippen LogP contribution in [-0.4, -0.2) is 58.0 Å². The molecule has 0 amide bonds. The molecule has 1 aliphatic rings. The molecule has 0 radical (unpaired) electrons. The molecule has 1 saturated heterocycles. The van der Waals surface area contributed by atoms with Crippen molar-refractivity contribution < 1.29 is 12.8 Å². The highest BCUT2D eigenvalue weighted by Crippen LogP contribution is 2.22. The summed E-state index contributed by atoms with van der Waals surface area (Å²) in [5, 5.41) is 0. The number of rotatable bonds is 7. The summed E-state index contributed by atoms with van der Waals surface area (Å²) in [4.78, 5) is 4.60. The molecule has 0 saturated carbocycles. The van der Waals surface area contributed by atoms with E-state index in [4.69, 9.17) is 0 Å². The molecule has 1 atom stereocenters. The Morgan fingerprint density at radius 2 is 1.63 bits per heavy atom. The largest absolute Gasteiger partial charge is 0.304 e. The van der Waals surface area contributed by atoms with Crippen molar-refractivity contribution in [2.45, 2.75) is 11.8 Å². The van der Waals surface area contributed by atoms with Gasteiger partial charge in [0.2, 0.25) is 10.0 Å². The van der Waals surface area contributed by atoms with Crippen LogP contribution in [-0.2, 0) is 15.8 Å². The Morgan fingerprint density at radius 3 is 2.26 bits per heavy atom. The van der Waals surface area contributed by atoms with Gasteiger partial charge in [0, 0.05) is 38.8 Å². The van der Waals surface area contributed by atoms with E-state index in [1.54, 1.807) is 0 Å². The van der Waals surface area contributed by atoms with Crippen LogP contribution in [0.25, 0.3) is 0 Å². The second-order valence-electron chi connectivity index (χ2n) is 7.00. The zero-order valence-corrected chi connectivity index (χ0v) is 16.3. The lowest BCUT2D eigenvalue weighted by Gasteiger charge is -2.38. The molecular weight excluding hydrogens is 365 g/mol. The topological polar surface area (TPSA) is 52.6 Å². The molecular formula is C20H26FN3O2S. The minimum atomic E-state index is -3.51. The highest BCUT2D eigenvalue weighted by molar-refractivity contribution is 7.88. The van der Waals surface area contributed by atoms with E-state index in [1.807, 2.05) is 30.3 Å². The standard InChI is InChI=1S/C20H26FN3O2S/c1-23-11-13-24(14-12-23)20(18-5-3-2-4-6-18)15-22-27(25,26)16-17-7-9-19(21)10-8-17/h2-10,20,22H,11-16H2,1H3. The van der Waals surface area contributed by atoms with Crippen molar-refractivity contribution in [3.05, 3.63) is 71.5 Å². The van der Waals surface area contributed by atoms with Gasteiger partial charge in [-0.15, -0.1) is 0 Å². The van der Waals surface area contributed by atoms with E-state index < -0.39 is 10.0 Å². The molecule has 0 aromatic heterocycles. The summed E-state index contributed by atoms with van der Waals surface area (Å²) in [6.07, 6.45) is 0. The second kappa shape index (κ2) is 8.93. The number of sulfonamides is 1. The molecule has 1 unspecified atom stereocenters. The van der Waals surface area contributed by atoms with Crippen LogP contribution in [0.15, 0.2) is 54.6 Å². The zero-order valence-electron chi connectivity index (χ0n) is 15.5. The number of hydrogen-bond donors (Lipinski definition) is 1. The molecule has 1 fully saturated rings. The van der Waals surface area contributed by atoms with Gasteiger partial charge in [-0.05, 0) is 30.3 Å². The van der Waals surface area contributed by atoms with E-state index in [2.05, 4.69) is 21.6 Å². The fourth-order valence-electron chi connectivity index (χ4n) is 3.32. The number of hydrogen-bond acceptors (Lipinski definition) is 4. The maximum Gasteiger partial charge on any atom is 0.215 e. The van der Waals surface area contributed by atoms with Gasteiger partial charge in [-0.3, -0.25) is 4.90 Å². The van der Waals surface area contributed by atoms with Gasteiger partial charge in [0.15, 0.2) is 0 Å². The molecule has 0 aliphatic carbocycles. The van der Waals surface area contributed by atoms with Gasteiger partial charge in [-0.2, -0.15) is 0 Å². The Bertz CT molecular complexity index is 820. The van der Waals surface area contributed by atoms with E-state index in [1.165, 1.54) is 24.3 Å². The Balaban J connectivity index is 1.69. The highest BCUT2D eigenvalue weighted by atomic mass is 32.2. The maximum absolute atomic E-state index is 13.0. The number of halogens is 1. The zero-order chi connectivity index (χ0) is 19.3. The number of benzene rings is 2. The smallest absolute Gasteiger partial charge is 0.215 e. The van der Waals surface area contributed by atoms with E-state index in [9.17, 15) is 12.8 Å². The van der Waals surface area contributed by atoms with Crippen LogP contribution in [0.2, 0.25) is 0 Å². The van der Waals surface area contributed by atoms with E-state index >= 15 is 0 Å². The number of nitrogens with zero attached hydrogens (tertiary/aromatic N) is 2. The molecule has 0 bridgehead atoms. The summed E-state index contributed by atoms with van der Waals surface area (Å²) >= 11 is 0. The van der Waals surface area contributed by atoms with Gasteiger partial charge < -0.3 is 4.90 Å². The minimum Gasteiger partial charge on any atom is -0.304 e. The van der Waals surface area contributed by atoms with Crippen molar-refractivity contribution in [1.82, 2.24) is 14.5 Å². The minimum absolute atomic E-state index is 0.0112. The van der Waals surface area contributed by atoms with Crippen LogP contribution in [0.4, 0.5) is 4.39 Å². The fraction of sp³-hybridized carbons (Fsp3) is 0.400. The van der Waals surface area contributed by atoms with E-state index in [0.29, 0.717) is 12.1 Å². The third kappa shape index (κ3) is 5.84. The average molecular weight is 392 g/mol. The monoisotopic (exact) mass is 391 g/mol. The average Bonchev–Trinajstić information content (AvgIpc) is 2.66. The summed E-state index contributed by atoms with van der Waals surface area (Å²) in [6.45, 7) is 4.04. The van der Waals surface area contributed by atoms with Crippen LogP contribution in [0, 0.1) is 5.82 Å². The highest BCUT2D eigenvalue weighted by Gasteiger charge is 2.25. The van der Waals surface area contributed by atoms with Crippen molar-refractivity contribution in [2.75, 3.05) is 39.8 Å². The summed E-state index contributed by atoms with van der Waals surface area (Å²) < 4.78 is 40.8. The first-order chi connectivity index (χ1) is 12.9. The summed E-state index contributed by atoms with van der Waals surface area (Å²) in [7, 11) is -1.41. The first kappa shape index (κ1) is 19.9. The van der Waals surface area contributed by atoms with Gasteiger partial charge in [-0.25, -0.2) is 17.5 Å². The summed E-state index contributed by atoms with van der Waals surface area (Å²) in [5.74, 6) is -0.527. The van der Waals surface area contributed by atoms with Crippen molar-refractivity contribution in [3.63, 3.8) is 0 Å². The number of nitrogens with one attached hydrogen (secondary N) is 1. The maximum atomic E-state index is 13.0. The van der Waals surface area contributed by atoms with Gasteiger partial charge in [0.25, 0.3) is 0 Å². The normalized spacial score (nSPS) is 17.7. The van der Waals surface area contributed by atoms with Crippen molar-refractivity contribution in [2.24, 2.45) is 0 Å². The Morgan fingerprint density at radius 1 is 1.00 bits per heavy atom. The van der Waals surface area contributed by atoms with Gasteiger partial charge in [0.1, 0.15) is 5.82 Å². The summed E-state index contributed by atoms with van der Waals surface area (Å²) in [6, 6.07) is 15.6. The van der Waals surface area contributed by atoms with E-state index in [0.717, 1.165) is 31.7 Å². The quantitative estimate of drug-likeness (QED) is 0.787. The van der Waals surface area contributed by atoms with Crippen LogP contribution >= 0.6 is 0 Å². The second-order valence-corrected chi connectivity index (χ2v) is 8.81. The Kier molecular flexibility index (Phi) is 6.59. The van der Waals surface area contributed by atoms with Crippen molar-refractivity contribution in [3.8, 4) is 0 Å². The molecule has 1 heterocycles. The predicted octanol–water partition coefficient (Wildman–Crippen LogP) is 2.23. The lowest BCUT2D eigenvalue weighted by atomic mass is 10.0. The Labute approximate surface area is 160 Å². The van der Waals surface area contributed by atoms with Crippen LogP contribution in [0.5, 0.6) is 0 Å². The first-order valence-electron chi connectivity index (χ1n) is 9.12. The van der Waals surface area contributed by atoms with Gasteiger partial charge in [-0.1, -0.05) is 42.5 Å². The Hall–Kier alpha value is -1.80. The molecule has 2 aromatic rings. The molecule has 7 heteroatoms. The molecule has 2 aromatic carbocycles. The molecule has 1 aliphatic heterocycles. The van der Waals surface area contributed by atoms with Crippen LogP contribution in [0.1, 0.15) is 17.2 Å². The van der Waals surface area contributed by atoms with E-state index in [-0.39, 0.29) is 17.6 Å². The molecule has 3 rings (SSSR count). The van der Waals surface area contributed by atoms with Crippen molar-refractivity contribution in [1.29, 1.82) is 0 Å². The third-order valence-corrected chi connectivity index (χ3v) is 6.25. The van der Waals surface area contributed by atoms with Gasteiger partial charge in [0.05, 0.1) is 5.75 Å². The molecule has 5 nitrogen and oxygen atoms in total. The lowest BCUT2D eigenvalue weighted by molar-refractivity contribution is 0.113. The SMILES string of the molecule is CN1CCN(C(CNS(=O)(=O)Cc2ccc(F)cc2)c2ccccc2)CC1. The number of piperazine rings is 1. The molecule has 0 spiro atoms. The lowest BCUT2D eigenvalue weighted by Crippen LogP contribution is -2.48. The predicted molar refractivity (Wildman–Crippen MR) is 105 cm³/mol. The summed E-state index contributed by atoms with van der Waals surface area (Å²) in [5.41, 5.74) is 1.67.